The minimum atomic E-state index is -1.02. The minimum Gasteiger partial charge on any atom is -0.464 e. The Morgan fingerprint density at radius 1 is 1.25 bits per heavy atom. The Balaban J connectivity index is 1.78. The van der Waals surface area contributed by atoms with Gasteiger partial charge in [0.1, 0.15) is 5.60 Å². The number of β-amino-alcohol motifs (C(OH)–C–C–N with tert-alkyl or cyclic N) is 1. The first-order valence-corrected chi connectivity index (χ1v) is 10.2. The monoisotopic (exact) mass is 432 g/mol. The van der Waals surface area contributed by atoms with Crippen LogP contribution >= 0.6 is 0 Å². The van der Waals surface area contributed by atoms with Crippen LogP contribution in [0.15, 0.2) is 42.5 Å². The zero-order valence-electron chi connectivity index (χ0n) is 18.2. The van der Waals surface area contributed by atoms with Crippen LogP contribution in [-0.2, 0) is 4.74 Å². The second kappa shape index (κ2) is 8.46. The lowest BCUT2D eigenvalue weighted by Crippen LogP contribution is -2.29. The number of fused-ring (bicyclic) bond motifs is 1. The van der Waals surface area contributed by atoms with Gasteiger partial charge in [0.05, 0.1) is 18.3 Å². The molecular weight excluding hydrogens is 408 g/mol. The Morgan fingerprint density at radius 2 is 2.06 bits per heavy atom. The summed E-state index contributed by atoms with van der Waals surface area (Å²) >= 11 is 0. The third-order valence-corrected chi connectivity index (χ3v) is 5.52. The lowest BCUT2D eigenvalue weighted by atomic mass is 10.0. The van der Waals surface area contributed by atoms with Gasteiger partial charge in [0, 0.05) is 43.1 Å². The summed E-state index contributed by atoms with van der Waals surface area (Å²) < 4.78 is 6.51. The van der Waals surface area contributed by atoms with Crippen LogP contribution in [0.4, 0.5) is 0 Å². The van der Waals surface area contributed by atoms with Gasteiger partial charge in [-0.15, -0.1) is 0 Å². The van der Waals surface area contributed by atoms with E-state index in [-0.39, 0.29) is 11.6 Å². The number of hydrogen-bond acceptors (Lipinski definition) is 6. The lowest BCUT2D eigenvalue weighted by Gasteiger charge is -2.14. The summed E-state index contributed by atoms with van der Waals surface area (Å²) in [5.74, 6) is 5.21. The van der Waals surface area contributed by atoms with E-state index in [0.29, 0.717) is 35.1 Å². The smallest absolute Gasteiger partial charge is 0.359 e. The number of methoxy groups -OCH3 is 1. The Kier molecular flexibility index (Phi) is 5.70. The van der Waals surface area contributed by atoms with Crippen LogP contribution in [0.3, 0.4) is 0 Å². The molecule has 4 rings (SSSR count). The van der Waals surface area contributed by atoms with Crippen molar-refractivity contribution in [2.75, 3.05) is 34.3 Å². The molecule has 0 radical (unpaired) electrons. The molecule has 0 spiro atoms. The van der Waals surface area contributed by atoms with E-state index >= 15 is 0 Å². The number of likely N-dealkylation sites (N-methyl/N-ethyl adjacent to an activating group) is 1. The van der Waals surface area contributed by atoms with Crippen LogP contribution in [0.5, 0.6) is 0 Å². The zero-order chi connectivity index (χ0) is 22.9. The highest BCUT2D eigenvalue weighted by Crippen LogP contribution is 2.25. The fourth-order valence-corrected chi connectivity index (χ4v) is 3.83. The number of carbonyl (C=O) groups excluding carboxylic acids is 2. The van der Waals surface area contributed by atoms with Gasteiger partial charge >= 0.3 is 5.97 Å². The van der Waals surface area contributed by atoms with Crippen molar-refractivity contribution in [3.05, 3.63) is 59.3 Å². The number of rotatable bonds is 3. The number of esters is 1. The largest absolute Gasteiger partial charge is 0.464 e. The highest BCUT2D eigenvalue weighted by Gasteiger charge is 2.32. The van der Waals surface area contributed by atoms with Crippen molar-refractivity contribution in [2.24, 2.45) is 0 Å². The molecular formula is C24H24N4O4. The fraction of sp³-hybridized carbons (Fsp3) is 0.292. The molecule has 1 aromatic heterocycles. The van der Waals surface area contributed by atoms with Crippen molar-refractivity contribution in [3.63, 3.8) is 0 Å². The summed E-state index contributed by atoms with van der Waals surface area (Å²) in [6.07, 6.45) is 0.607. The van der Waals surface area contributed by atoms with Crippen molar-refractivity contribution in [2.45, 2.75) is 12.0 Å². The maximum atomic E-state index is 12.3. The van der Waals surface area contributed by atoms with Crippen molar-refractivity contribution < 1.29 is 19.4 Å². The number of likely N-dealkylation sites (tertiary alicyclic amines) is 1. The summed E-state index contributed by atoms with van der Waals surface area (Å²) in [5.41, 5.74) is 1.58. The molecule has 0 aliphatic carbocycles. The minimum absolute atomic E-state index is 0.119. The molecule has 2 aromatic carbocycles. The first-order valence-electron chi connectivity index (χ1n) is 10.2. The molecule has 3 aromatic rings. The van der Waals surface area contributed by atoms with E-state index in [2.05, 4.69) is 22.3 Å². The van der Waals surface area contributed by atoms with Gasteiger partial charge in [-0.25, -0.2) is 9.48 Å². The summed E-state index contributed by atoms with van der Waals surface area (Å²) in [5, 5.41) is 18.2. The fourth-order valence-electron chi connectivity index (χ4n) is 3.83. The average molecular weight is 432 g/mol. The summed E-state index contributed by atoms with van der Waals surface area (Å²) in [6, 6.07) is 12.4. The van der Waals surface area contributed by atoms with Gasteiger partial charge in [-0.1, -0.05) is 17.9 Å². The highest BCUT2D eigenvalue weighted by molar-refractivity contribution is 6.05. The maximum absolute atomic E-state index is 12.3. The van der Waals surface area contributed by atoms with Gasteiger partial charge in [-0.05, 0) is 43.4 Å². The molecule has 2 N–H and O–H groups in total. The summed E-state index contributed by atoms with van der Waals surface area (Å²) in [6.45, 7) is 1.32. The van der Waals surface area contributed by atoms with E-state index in [1.54, 1.807) is 29.9 Å². The third kappa shape index (κ3) is 4.08. The second-order valence-corrected chi connectivity index (χ2v) is 7.88. The molecule has 0 bridgehead atoms. The summed E-state index contributed by atoms with van der Waals surface area (Å²) in [7, 11) is 4.79. The Bertz CT molecular complexity index is 1270. The van der Waals surface area contributed by atoms with Crippen LogP contribution in [0.1, 0.15) is 32.8 Å². The molecule has 164 valence electrons. The van der Waals surface area contributed by atoms with Crippen molar-refractivity contribution >= 4 is 22.8 Å². The number of aromatic nitrogens is 2. The van der Waals surface area contributed by atoms with Crippen LogP contribution in [-0.4, -0.2) is 71.6 Å². The lowest BCUT2D eigenvalue weighted by molar-refractivity contribution is 0.0595. The molecule has 0 unspecified atom stereocenters. The molecule has 1 aliphatic rings. The van der Waals surface area contributed by atoms with E-state index in [9.17, 15) is 14.7 Å². The number of carbonyl (C=O) groups is 2. The molecule has 1 saturated heterocycles. The molecule has 8 nitrogen and oxygen atoms in total. The van der Waals surface area contributed by atoms with Crippen LogP contribution in [0.25, 0.3) is 16.6 Å². The molecule has 1 fully saturated rings. The van der Waals surface area contributed by atoms with E-state index in [4.69, 9.17) is 4.74 Å². The first kappa shape index (κ1) is 21.6. The topological polar surface area (TPSA) is 96.7 Å². The van der Waals surface area contributed by atoms with E-state index < -0.39 is 11.6 Å². The molecule has 8 heteroatoms. The number of nitrogens with zero attached hydrogens (tertiary/aromatic N) is 3. The van der Waals surface area contributed by atoms with Crippen molar-refractivity contribution in [1.82, 2.24) is 20.0 Å². The van der Waals surface area contributed by atoms with E-state index in [0.717, 1.165) is 12.1 Å². The molecule has 1 atom stereocenters. The molecule has 1 amide bonds. The Labute approximate surface area is 185 Å². The van der Waals surface area contributed by atoms with Crippen LogP contribution in [0.2, 0.25) is 0 Å². The van der Waals surface area contributed by atoms with Gasteiger partial charge in [0.2, 0.25) is 0 Å². The predicted octanol–water partition coefficient (Wildman–Crippen LogP) is 1.59. The van der Waals surface area contributed by atoms with E-state index in [1.165, 1.54) is 7.11 Å². The maximum Gasteiger partial charge on any atom is 0.359 e. The van der Waals surface area contributed by atoms with Crippen LogP contribution in [0, 0.1) is 11.8 Å². The standard InChI is InChI=1S/C24H24N4O4/c1-25-22(29)17-7-8-20-19(14-17)21(23(30)32-3)26-28(20)18-6-4-5-16(13-18)9-10-24(31)11-12-27(2)15-24/h4-8,13-14,31H,11-12,15H2,1-3H3,(H,25,29)/t24-/m0/s1. The molecule has 2 heterocycles. The van der Waals surface area contributed by atoms with Crippen molar-refractivity contribution in [1.29, 1.82) is 0 Å². The number of amides is 1. The molecule has 32 heavy (non-hydrogen) atoms. The number of aliphatic hydroxyl groups is 1. The van der Waals surface area contributed by atoms with Crippen LogP contribution < -0.4 is 5.32 Å². The first-order chi connectivity index (χ1) is 15.3. The average Bonchev–Trinajstić information content (AvgIpc) is 3.36. The number of hydrogen-bond donors (Lipinski definition) is 2. The predicted molar refractivity (Wildman–Crippen MR) is 120 cm³/mol. The van der Waals surface area contributed by atoms with Gasteiger partial charge in [-0.2, -0.15) is 5.10 Å². The Hall–Kier alpha value is -3.67. The van der Waals surface area contributed by atoms with Crippen molar-refractivity contribution in [3.8, 4) is 17.5 Å². The number of nitrogens with one attached hydrogen (secondary N) is 1. The third-order valence-electron chi connectivity index (χ3n) is 5.52. The quantitative estimate of drug-likeness (QED) is 0.482. The van der Waals surface area contributed by atoms with Gasteiger partial charge < -0.3 is 20.1 Å². The Morgan fingerprint density at radius 3 is 2.75 bits per heavy atom. The van der Waals surface area contributed by atoms with Gasteiger partial charge in [0.15, 0.2) is 5.69 Å². The van der Waals surface area contributed by atoms with E-state index in [1.807, 2.05) is 36.2 Å². The highest BCUT2D eigenvalue weighted by atomic mass is 16.5. The molecule has 1 aliphatic heterocycles. The molecule has 0 saturated carbocycles. The summed E-state index contributed by atoms with van der Waals surface area (Å²) in [4.78, 5) is 26.5. The number of benzene rings is 2. The van der Waals surface area contributed by atoms with Gasteiger partial charge in [0.25, 0.3) is 5.91 Å². The van der Waals surface area contributed by atoms with Gasteiger partial charge in [-0.3, -0.25) is 4.79 Å². The normalized spacial score (nSPS) is 18.2. The second-order valence-electron chi connectivity index (χ2n) is 7.88. The SMILES string of the molecule is CNC(=O)c1ccc2c(c1)c(C(=O)OC)nn2-c1cccc(C#C[C@]2(O)CCN(C)C2)c1. The zero-order valence-corrected chi connectivity index (χ0v) is 18.2. The number of ether oxygens (including phenoxy) is 1.